The molecule has 0 radical (unpaired) electrons. The Morgan fingerprint density at radius 2 is 1.96 bits per heavy atom. The highest BCUT2D eigenvalue weighted by Crippen LogP contribution is 2.36. The van der Waals surface area contributed by atoms with Gasteiger partial charge in [0.05, 0.1) is 19.3 Å². The van der Waals surface area contributed by atoms with E-state index in [0.29, 0.717) is 6.01 Å². The Bertz CT molecular complexity index is 687. The van der Waals surface area contributed by atoms with Crippen LogP contribution in [0.15, 0.2) is 42.7 Å². The van der Waals surface area contributed by atoms with E-state index < -0.39 is 0 Å². The molecule has 2 fully saturated rings. The van der Waals surface area contributed by atoms with Gasteiger partial charge in [-0.05, 0) is 23.8 Å². The molecule has 1 spiro atoms. The summed E-state index contributed by atoms with van der Waals surface area (Å²) in [4.78, 5) is 10.7. The third-order valence-corrected chi connectivity index (χ3v) is 4.85. The normalized spacial score (nSPS) is 22.4. The van der Waals surface area contributed by atoms with Crippen molar-refractivity contribution in [3.63, 3.8) is 0 Å². The zero-order chi connectivity index (χ0) is 17.1. The first-order chi connectivity index (χ1) is 12.2. The van der Waals surface area contributed by atoms with Gasteiger partial charge in [0.25, 0.3) is 0 Å². The Morgan fingerprint density at radius 3 is 2.68 bits per heavy atom. The van der Waals surface area contributed by atoms with Gasteiger partial charge >= 0.3 is 6.01 Å². The number of hydrogen-bond acceptors (Lipinski definition) is 6. The van der Waals surface area contributed by atoms with Crippen LogP contribution in [0.2, 0.25) is 0 Å². The molecule has 25 heavy (non-hydrogen) atoms. The maximum absolute atomic E-state index is 6.09. The summed E-state index contributed by atoms with van der Waals surface area (Å²) >= 11 is 0. The predicted octanol–water partition coefficient (Wildman–Crippen LogP) is 2.30. The Labute approximate surface area is 147 Å². The molecule has 2 aliphatic rings. The number of methoxy groups -OCH3 is 1. The first kappa shape index (κ1) is 16.3. The number of nitrogens with zero attached hydrogens (tertiary/aromatic N) is 3. The monoisotopic (exact) mass is 341 g/mol. The van der Waals surface area contributed by atoms with Crippen molar-refractivity contribution in [2.75, 3.05) is 26.8 Å². The van der Waals surface area contributed by atoms with Crippen LogP contribution < -0.4 is 9.47 Å². The van der Waals surface area contributed by atoms with Gasteiger partial charge in [0, 0.05) is 44.9 Å². The Hall–Kier alpha value is -2.18. The third-order valence-electron chi connectivity index (χ3n) is 4.85. The van der Waals surface area contributed by atoms with E-state index in [4.69, 9.17) is 14.2 Å². The highest BCUT2D eigenvalue weighted by Gasteiger charge is 2.48. The average Bonchev–Trinajstić information content (AvgIpc) is 2.62. The van der Waals surface area contributed by atoms with E-state index in [1.165, 1.54) is 5.56 Å². The van der Waals surface area contributed by atoms with E-state index in [2.05, 4.69) is 27.0 Å². The molecule has 2 aromatic rings. The van der Waals surface area contributed by atoms with Gasteiger partial charge in [-0.2, -0.15) is 0 Å². The zero-order valence-corrected chi connectivity index (χ0v) is 14.4. The molecule has 4 rings (SSSR count). The van der Waals surface area contributed by atoms with Crippen molar-refractivity contribution < 1.29 is 14.2 Å². The molecular weight excluding hydrogens is 318 g/mol. The van der Waals surface area contributed by atoms with Crippen molar-refractivity contribution in [3.05, 3.63) is 48.3 Å². The topological polar surface area (TPSA) is 56.7 Å². The fourth-order valence-electron chi connectivity index (χ4n) is 3.67. The highest BCUT2D eigenvalue weighted by atomic mass is 16.5. The van der Waals surface area contributed by atoms with Gasteiger partial charge in [-0.1, -0.05) is 12.1 Å². The SMILES string of the molecule is COc1ccc(CN2CC3(C[C@H](Oc4ncccn4)CCO3)C2)cc1. The van der Waals surface area contributed by atoms with Crippen LogP contribution >= 0.6 is 0 Å². The molecular formula is C19H23N3O3. The first-order valence-corrected chi connectivity index (χ1v) is 8.68. The van der Waals surface area contributed by atoms with Gasteiger partial charge < -0.3 is 14.2 Å². The molecule has 1 aromatic heterocycles. The molecule has 6 nitrogen and oxygen atoms in total. The zero-order valence-electron chi connectivity index (χ0n) is 14.4. The standard InChI is InChI=1S/C19H23N3O3/c1-23-16-5-3-15(4-6-16)12-22-13-19(14-22)11-17(7-10-24-19)25-18-20-8-2-9-21-18/h2-6,8-9,17H,7,10-14H2,1H3/t17-/m1/s1. The minimum Gasteiger partial charge on any atom is -0.497 e. The smallest absolute Gasteiger partial charge is 0.316 e. The minimum atomic E-state index is -0.0792. The number of rotatable bonds is 5. The summed E-state index contributed by atoms with van der Waals surface area (Å²) in [5.74, 6) is 0.891. The summed E-state index contributed by atoms with van der Waals surface area (Å²) < 4.78 is 17.2. The lowest BCUT2D eigenvalue weighted by Crippen LogP contribution is -2.65. The molecule has 0 unspecified atom stereocenters. The van der Waals surface area contributed by atoms with E-state index in [9.17, 15) is 0 Å². The fourth-order valence-corrected chi connectivity index (χ4v) is 3.67. The minimum absolute atomic E-state index is 0.0792. The van der Waals surface area contributed by atoms with Crippen molar-refractivity contribution in [1.29, 1.82) is 0 Å². The highest BCUT2D eigenvalue weighted by molar-refractivity contribution is 5.27. The van der Waals surface area contributed by atoms with Crippen LogP contribution in [0.1, 0.15) is 18.4 Å². The molecule has 6 heteroatoms. The summed E-state index contributed by atoms with van der Waals surface area (Å²) in [6.07, 6.45) is 5.32. The number of ether oxygens (including phenoxy) is 3. The van der Waals surface area contributed by atoms with Crippen molar-refractivity contribution in [3.8, 4) is 11.8 Å². The van der Waals surface area contributed by atoms with Crippen LogP contribution in [-0.2, 0) is 11.3 Å². The van der Waals surface area contributed by atoms with Gasteiger partial charge in [0.2, 0.25) is 0 Å². The molecule has 1 atom stereocenters. The van der Waals surface area contributed by atoms with E-state index >= 15 is 0 Å². The maximum Gasteiger partial charge on any atom is 0.316 e. The lowest BCUT2D eigenvalue weighted by Gasteiger charge is -2.53. The van der Waals surface area contributed by atoms with Crippen LogP contribution in [0.25, 0.3) is 0 Å². The molecule has 3 heterocycles. The molecule has 2 saturated heterocycles. The summed E-state index contributed by atoms with van der Waals surface area (Å²) in [6.45, 7) is 3.54. The Balaban J connectivity index is 1.30. The summed E-state index contributed by atoms with van der Waals surface area (Å²) in [6, 6.07) is 10.5. The molecule has 132 valence electrons. The summed E-state index contributed by atoms with van der Waals surface area (Å²) in [7, 11) is 1.69. The number of benzene rings is 1. The Morgan fingerprint density at radius 1 is 1.20 bits per heavy atom. The van der Waals surface area contributed by atoms with Crippen LogP contribution in [0.5, 0.6) is 11.8 Å². The van der Waals surface area contributed by atoms with E-state index in [-0.39, 0.29) is 11.7 Å². The molecule has 0 amide bonds. The van der Waals surface area contributed by atoms with Gasteiger partial charge in [-0.15, -0.1) is 0 Å². The molecule has 0 bridgehead atoms. The molecule has 0 aliphatic carbocycles. The summed E-state index contributed by atoms with van der Waals surface area (Å²) in [5.41, 5.74) is 1.21. The number of aromatic nitrogens is 2. The number of hydrogen-bond donors (Lipinski definition) is 0. The van der Waals surface area contributed by atoms with Crippen molar-refractivity contribution in [2.24, 2.45) is 0 Å². The lowest BCUT2D eigenvalue weighted by molar-refractivity contribution is -0.188. The van der Waals surface area contributed by atoms with E-state index in [1.54, 1.807) is 25.6 Å². The van der Waals surface area contributed by atoms with E-state index in [1.807, 2.05) is 12.1 Å². The fraction of sp³-hybridized carbons (Fsp3) is 0.474. The largest absolute Gasteiger partial charge is 0.497 e. The van der Waals surface area contributed by atoms with Crippen molar-refractivity contribution in [2.45, 2.75) is 31.1 Å². The van der Waals surface area contributed by atoms with Gasteiger partial charge in [-0.3, -0.25) is 4.90 Å². The molecule has 2 aliphatic heterocycles. The third kappa shape index (κ3) is 3.75. The molecule has 0 N–H and O–H groups in total. The first-order valence-electron chi connectivity index (χ1n) is 8.68. The van der Waals surface area contributed by atoms with Crippen molar-refractivity contribution in [1.82, 2.24) is 14.9 Å². The lowest BCUT2D eigenvalue weighted by atomic mass is 9.84. The van der Waals surface area contributed by atoms with E-state index in [0.717, 1.165) is 44.8 Å². The second-order valence-electron chi connectivity index (χ2n) is 6.79. The quantitative estimate of drug-likeness (QED) is 0.832. The van der Waals surface area contributed by atoms with Crippen LogP contribution in [-0.4, -0.2) is 53.4 Å². The average molecular weight is 341 g/mol. The number of likely N-dealkylation sites (tertiary alicyclic amines) is 1. The second kappa shape index (κ2) is 6.98. The van der Waals surface area contributed by atoms with Gasteiger partial charge in [0.1, 0.15) is 11.9 Å². The van der Waals surface area contributed by atoms with Crippen LogP contribution in [0.3, 0.4) is 0 Å². The van der Waals surface area contributed by atoms with Crippen LogP contribution in [0.4, 0.5) is 0 Å². The van der Waals surface area contributed by atoms with Crippen molar-refractivity contribution >= 4 is 0 Å². The summed E-state index contributed by atoms with van der Waals surface area (Å²) in [5, 5.41) is 0. The Kier molecular flexibility index (Phi) is 4.55. The van der Waals surface area contributed by atoms with Gasteiger partial charge in [-0.25, -0.2) is 9.97 Å². The van der Waals surface area contributed by atoms with Gasteiger partial charge in [0.15, 0.2) is 0 Å². The predicted molar refractivity (Wildman–Crippen MR) is 92.6 cm³/mol. The second-order valence-corrected chi connectivity index (χ2v) is 6.79. The maximum atomic E-state index is 6.09. The van der Waals surface area contributed by atoms with Crippen LogP contribution in [0, 0.1) is 0 Å². The molecule has 0 saturated carbocycles. The molecule has 1 aromatic carbocycles.